The molecule has 2 heteroatoms. The summed E-state index contributed by atoms with van der Waals surface area (Å²) in [7, 11) is 0. The molecule has 0 N–H and O–H groups in total. The van der Waals surface area contributed by atoms with E-state index in [1.165, 1.54) is 11.1 Å². The Morgan fingerprint density at radius 1 is 0.656 bits per heavy atom. The number of pyridine rings is 2. The Hall–Kier alpha value is -3.26. The van der Waals surface area contributed by atoms with Crippen LogP contribution >= 0.6 is 0 Å². The predicted octanol–water partition coefficient (Wildman–Crippen LogP) is 7.63. The Morgan fingerprint density at radius 3 is 1.97 bits per heavy atom. The van der Waals surface area contributed by atoms with E-state index >= 15 is 0 Å². The van der Waals surface area contributed by atoms with Gasteiger partial charge in [-0.15, -0.1) is 0 Å². The van der Waals surface area contributed by atoms with Gasteiger partial charge in [-0.3, -0.25) is 4.98 Å². The maximum atomic E-state index is 5.07. The highest BCUT2D eigenvalue weighted by Gasteiger charge is 2.23. The van der Waals surface area contributed by atoms with Gasteiger partial charge in [0.1, 0.15) is 0 Å². The van der Waals surface area contributed by atoms with Gasteiger partial charge in [0, 0.05) is 28.4 Å². The molecule has 0 aliphatic carbocycles. The van der Waals surface area contributed by atoms with Gasteiger partial charge in [0.25, 0.3) is 0 Å². The van der Waals surface area contributed by atoms with Crippen LogP contribution in [-0.4, -0.2) is 9.97 Å². The van der Waals surface area contributed by atoms with E-state index in [9.17, 15) is 0 Å². The van der Waals surface area contributed by atoms with Crippen molar-refractivity contribution >= 4 is 0 Å². The van der Waals surface area contributed by atoms with Crippen molar-refractivity contribution in [3.8, 4) is 22.5 Å². The molecule has 0 bridgehead atoms. The molecule has 0 spiro atoms. The smallest absolute Gasteiger partial charge is 0.0712 e. The average Bonchev–Trinajstić information content (AvgIpc) is 2.79. The summed E-state index contributed by atoms with van der Waals surface area (Å²) >= 11 is 0. The fourth-order valence-corrected chi connectivity index (χ4v) is 4.07. The fourth-order valence-electron chi connectivity index (χ4n) is 4.07. The molecule has 4 aromatic rings. The summed E-state index contributed by atoms with van der Waals surface area (Å²) in [4.78, 5) is 9.67. The lowest BCUT2D eigenvalue weighted by molar-refractivity contribution is 0.505. The SMILES string of the molecule is CC(C)(C)c1cc(-c2ccccc2)nc(-c2cccc(CC(C)(C)c3ccccn3)c2)c1. The third kappa shape index (κ3) is 4.96. The van der Waals surface area contributed by atoms with Gasteiger partial charge in [-0.1, -0.05) is 89.2 Å². The minimum atomic E-state index is -0.0459. The molecule has 0 fully saturated rings. The summed E-state index contributed by atoms with van der Waals surface area (Å²) in [6.45, 7) is 11.3. The van der Waals surface area contributed by atoms with Crippen LogP contribution in [0.3, 0.4) is 0 Å². The average molecular weight is 421 g/mol. The first-order valence-electron chi connectivity index (χ1n) is 11.3. The largest absolute Gasteiger partial charge is 0.261 e. The zero-order valence-electron chi connectivity index (χ0n) is 19.8. The number of aromatic nitrogens is 2. The molecule has 0 aliphatic heterocycles. The Labute approximate surface area is 192 Å². The molecule has 32 heavy (non-hydrogen) atoms. The van der Waals surface area contributed by atoms with E-state index in [-0.39, 0.29) is 10.8 Å². The molecule has 0 aliphatic rings. The van der Waals surface area contributed by atoms with Crippen LogP contribution in [0.25, 0.3) is 22.5 Å². The van der Waals surface area contributed by atoms with E-state index in [0.29, 0.717) is 0 Å². The van der Waals surface area contributed by atoms with Crippen molar-refractivity contribution in [2.45, 2.75) is 51.9 Å². The van der Waals surface area contributed by atoms with Crippen LogP contribution in [-0.2, 0) is 17.3 Å². The maximum Gasteiger partial charge on any atom is 0.0712 e. The van der Waals surface area contributed by atoms with Crippen molar-refractivity contribution in [1.29, 1.82) is 0 Å². The Balaban J connectivity index is 1.74. The number of nitrogens with zero attached hydrogens (tertiary/aromatic N) is 2. The van der Waals surface area contributed by atoms with E-state index in [1.807, 2.05) is 18.3 Å². The zero-order chi connectivity index (χ0) is 22.8. The second-order valence-electron chi connectivity index (χ2n) is 10.2. The normalized spacial score (nSPS) is 12.0. The van der Waals surface area contributed by atoms with E-state index in [1.54, 1.807) is 0 Å². The predicted molar refractivity (Wildman–Crippen MR) is 135 cm³/mol. The van der Waals surface area contributed by atoms with Crippen LogP contribution in [0, 0.1) is 0 Å². The summed E-state index contributed by atoms with van der Waals surface area (Å²) < 4.78 is 0. The van der Waals surface area contributed by atoms with Crippen LogP contribution in [0.4, 0.5) is 0 Å². The van der Waals surface area contributed by atoms with Crippen LogP contribution < -0.4 is 0 Å². The first kappa shape index (κ1) is 22.0. The van der Waals surface area contributed by atoms with E-state index < -0.39 is 0 Å². The highest BCUT2D eigenvalue weighted by atomic mass is 14.7. The molecule has 0 amide bonds. The van der Waals surface area contributed by atoms with Gasteiger partial charge in [-0.2, -0.15) is 0 Å². The summed E-state index contributed by atoms with van der Waals surface area (Å²) in [6.07, 6.45) is 2.79. The molecule has 2 aromatic carbocycles. The maximum absolute atomic E-state index is 5.07. The Morgan fingerprint density at radius 2 is 1.31 bits per heavy atom. The number of benzene rings is 2. The van der Waals surface area contributed by atoms with Gasteiger partial charge in [-0.25, -0.2) is 4.98 Å². The molecule has 0 unspecified atom stereocenters. The van der Waals surface area contributed by atoms with Gasteiger partial charge in [-0.05, 0) is 53.3 Å². The molecule has 162 valence electrons. The summed E-state index contributed by atoms with van der Waals surface area (Å²) in [5.74, 6) is 0. The quantitative estimate of drug-likeness (QED) is 0.332. The molecule has 0 saturated heterocycles. The molecule has 2 heterocycles. The minimum Gasteiger partial charge on any atom is -0.261 e. The topological polar surface area (TPSA) is 25.8 Å². The monoisotopic (exact) mass is 420 g/mol. The number of rotatable bonds is 5. The van der Waals surface area contributed by atoms with Gasteiger partial charge in [0.05, 0.1) is 11.4 Å². The molecular formula is C30H32N2. The highest BCUT2D eigenvalue weighted by Crippen LogP contribution is 2.32. The van der Waals surface area contributed by atoms with Crippen LogP contribution in [0.5, 0.6) is 0 Å². The van der Waals surface area contributed by atoms with E-state index in [4.69, 9.17) is 4.98 Å². The van der Waals surface area contributed by atoms with Gasteiger partial charge < -0.3 is 0 Å². The van der Waals surface area contributed by atoms with Crippen molar-refractivity contribution in [3.63, 3.8) is 0 Å². The van der Waals surface area contributed by atoms with E-state index in [0.717, 1.165) is 34.6 Å². The molecular weight excluding hydrogens is 388 g/mol. The van der Waals surface area contributed by atoms with Crippen molar-refractivity contribution in [2.24, 2.45) is 0 Å². The Bertz CT molecular complexity index is 1190. The number of hydrogen-bond acceptors (Lipinski definition) is 2. The third-order valence-electron chi connectivity index (χ3n) is 5.99. The highest BCUT2D eigenvalue weighted by molar-refractivity contribution is 5.68. The lowest BCUT2D eigenvalue weighted by Crippen LogP contribution is -2.21. The molecule has 0 radical (unpaired) electrons. The van der Waals surface area contributed by atoms with Crippen molar-refractivity contribution < 1.29 is 0 Å². The van der Waals surface area contributed by atoms with Crippen LogP contribution in [0.2, 0.25) is 0 Å². The van der Waals surface area contributed by atoms with Gasteiger partial charge in [0.15, 0.2) is 0 Å². The zero-order valence-corrected chi connectivity index (χ0v) is 19.8. The first-order valence-corrected chi connectivity index (χ1v) is 11.3. The lowest BCUT2D eigenvalue weighted by atomic mass is 9.81. The lowest BCUT2D eigenvalue weighted by Gasteiger charge is -2.24. The van der Waals surface area contributed by atoms with Crippen LogP contribution in [0.1, 0.15) is 51.4 Å². The molecule has 0 atom stereocenters. The molecule has 2 aromatic heterocycles. The van der Waals surface area contributed by atoms with Crippen LogP contribution in [0.15, 0.2) is 91.1 Å². The van der Waals surface area contributed by atoms with Gasteiger partial charge in [0.2, 0.25) is 0 Å². The summed E-state index contributed by atoms with van der Waals surface area (Å²) in [6, 6.07) is 29.9. The first-order chi connectivity index (χ1) is 15.2. The van der Waals surface area contributed by atoms with Crippen molar-refractivity contribution in [2.75, 3.05) is 0 Å². The summed E-state index contributed by atoms with van der Waals surface area (Å²) in [5.41, 5.74) is 8.04. The van der Waals surface area contributed by atoms with E-state index in [2.05, 4.69) is 112 Å². The standard InChI is InChI=1S/C30H32N2/c1-29(2,3)25-19-26(23-13-7-6-8-14-23)32-27(20-25)24-15-11-12-22(18-24)21-30(4,5)28-16-9-10-17-31-28/h6-20H,21H2,1-5H3. The molecule has 2 nitrogen and oxygen atoms in total. The molecule has 0 saturated carbocycles. The minimum absolute atomic E-state index is 0.0415. The second-order valence-corrected chi connectivity index (χ2v) is 10.2. The number of hydrogen-bond donors (Lipinski definition) is 0. The fraction of sp³-hybridized carbons (Fsp3) is 0.267. The third-order valence-corrected chi connectivity index (χ3v) is 5.99. The van der Waals surface area contributed by atoms with Crippen molar-refractivity contribution in [3.05, 3.63) is 108 Å². The molecule has 4 rings (SSSR count). The summed E-state index contributed by atoms with van der Waals surface area (Å²) in [5, 5.41) is 0. The second kappa shape index (κ2) is 8.70. The van der Waals surface area contributed by atoms with Crippen molar-refractivity contribution in [1.82, 2.24) is 9.97 Å². The van der Waals surface area contributed by atoms with Gasteiger partial charge >= 0.3 is 0 Å². The Kier molecular flexibility index (Phi) is 5.97.